The van der Waals surface area contributed by atoms with Gasteiger partial charge in [0.2, 0.25) is 0 Å². The zero-order valence-electron chi connectivity index (χ0n) is 12.5. The Balaban J connectivity index is 2.13. The van der Waals surface area contributed by atoms with E-state index < -0.39 is 23.7 Å². The maximum Gasteiger partial charge on any atom is 0.252 e. The molecule has 1 aromatic carbocycles. The second-order valence-corrected chi connectivity index (χ2v) is 6.23. The van der Waals surface area contributed by atoms with Crippen LogP contribution in [-0.2, 0) is 0 Å². The molecule has 0 saturated heterocycles. The van der Waals surface area contributed by atoms with Gasteiger partial charge in [0, 0.05) is 25.2 Å². The Morgan fingerprint density at radius 2 is 1.74 bits per heavy atom. The van der Waals surface area contributed by atoms with Crippen LogP contribution in [0.15, 0.2) is 54.1 Å². The maximum absolute atomic E-state index is 14.0. The molecule has 0 N–H and O–H groups in total. The molecule has 2 aliphatic rings. The summed E-state index contributed by atoms with van der Waals surface area (Å²) in [7, 11) is 0. The average Bonchev–Trinajstić information content (AvgIpc) is 2.71. The summed E-state index contributed by atoms with van der Waals surface area (Å²) in [5, 5.41) is 19.1. The zero-order valence-corrected chi connectivity index (χ0v) is 12.5. The number of hydrogen-bond acceptors (Lipinski definition) is 2. The van der Waals surface area contributed by atoms with Crippen molar-refractivity contribution in [1.29, 1.82) is 10.5 Å². The summed E-state index contributed by atoms with van der Waals surface area (Å²) in [6, 6.07) is 13.6. The SMILES string of the molecule is N#CC1(C#N)CC=C[C@@H](c2ccccc2)[C@@H]2CC(F)(F)CC=C21. The third kappa shape index (κ3) is 2.66. The van der Waals surface area contributed by atoms with Crippen LogP contribution < -0.4 is 0 Å². The normalized spacial score (nSPS) is 27.7. The summed E-state index contributed by atoms with van der Waals surface area (Å²) in [6.07, 6.45) is 4.63. The van der Waals surface area contributed by atoms with Gasteiger partial charge in [-0.2, -0.15) is 10.5 Å². The lowest BCUT2D eigenvalue weighted by molar-refractivity contribution is -0.0253. The maximum atomic E-state index is 14.0. The fourth-order valence-electron chi connectivity index (χ4n) is 3.64. The molecule has 3 rings (SSSR count). The molecule has 2 atom stereocenters. The van der Waals surface area contributed by atoms with Crippen LogP contribution in [0.3, 0.4) is 0 Å². The number of allylic oxidation sites excluding steroid dienone is 4. The predicted octanol–water partition coefficient (Wildman–Crippen LogP) is 4.74. The van der Waals surface area contributed by atoms with Gasteiger partial charge in [0.25, 0.3) is 5.92 Å². The Kier molecular flexibility index (Phi) is 3.78. The first kappa shape index (κ1) is 15.4. The van der Waals surface area contributed by atoms with Crippen molar-refractivity contribution in [3.05, 3.63) is 59.7 Å². The molecule has 0 bridgehead atoms. The summed E-state index contributed by atoms with van der Waals surface area (Å²) < 4.78 is 28.0. The molecule has 0 radical (unpaired) electrons. The lowest BCUT2D eigenvalue weighted by Gasteiger charge is -2.37. The highest BCUT2D eigenvalue weighted by atomic mass is 19.3. The summed E-state index contributed by atoms with van der Waals surface area (Å²) in [4.78, 5) is 0. The Morgan fingerprint density at radius 3 is 2.39 bits per heavy atom. The van der Waals surface area contributed by atoms with E-state index in [0.717, 1.165) is 5.56 Å². The van der Waals surface area contributed by atoms with Crippen LogP contribution in [0.2, 0.25) is 0 Å². The minimum absolute atomic E-state index is 0.239. The van der Waals surface area contributed by atoms with E-state index >= 15 is 0 Å². The standard InChI is InChI=1S/C19H16F2N2/c20-19(21)10-8-17-16(11-19)15(14-5-2-1-3-6-14)7-4-9-18(17,12-22)13-23/h1-8,15-16H,9-11H2/t15-,16-/m0/s1. The smallest absolute Gasteiger partial charge is 0.207 e. The molecule has 0 saturated carbocycles. The molecule has 0 aliphatic heterocycles. The van der Waals surface area contributed by atoms with Gasteiger partial charge in [-0.15, -0.1) is 0 Å². The van der Waals surface area contributed by atoms with E-state index in [1.165, 1.54) is 6.08 Å². The van der Waals surface area contributed by atoms with E-state index in [9.17, 15) is 19.3 Å². The van der Waals surface area contributed by atoms with Crippen molar-refractivity contribution in [3.8, 4) is 12.1 Å². The van der Waals surface area contributed by atoms with E-state index in [4.69, 9.17) is 0 Å². The van der Waals surface area contributed by atoms with E-state index in [-0.39, 0.29) is 18.8 Å². The molecule has 4 heteroatoms. The Hall–Kier alpha value is -2.46. The molecule has 0 unspecified atom stereocenters. The second-order valence-electron chi connectivity index (χ2n) is 6.23. The molecule has 116 valence electrons. The molecule has 0 amide bonds. The van der Waals surface area contributed by atoms with Crippen molar-refractivity contribution < 1.29 is 8.78 Å². The lowest BCUT2D eigenvalue weighted by atomic mass is 9.66. The number of hydrogen-bond donors (Lipinski definition) is 0. The molecule has 2 nitrogen and oxygen atoms in total. The van der Waals surface area contributed by atoms with Crippen molar-refractivity contribution in [3.63, 3.8) is 0 Å². The van der Waals surface area contributed by atoms with Gasteiger partial charge in [0.1, 0.15) is 0 Å². The number of nitriles is 2. The van der Waals surface area contributed by atoms with Gasteiger partial charge < -0.3 is 0 Å². The molecule has 1 aromatic rings. The highest BCUT2D eigenvalue weighted by Crippen LogP contribution is 2.52. The van der Waals surface area contributed by atoms with E-state index in [2.05, 4.69) is 12.1 Å². The number of benzene rings is 1. The van der Waals surface area contributed by atoms with Crippen LogP contribution in [0.5, 0.6) is 0 Å². The molecule has 0 heterocycles. The first-order chi connectivity index (χ1) is 11.0. The van der Waals surface area contributed by atoms with Crippen molar-refractivity contribution in [2.24, 2.45) is 11.3 Å². The van der Waals surface area contributed by atoms with Gasteiger partial charge in [0.15, 0.2) is 5.41 Å². The van der Waals surface area contributed by atoms with Gasteiger partial charge in [-0.05, 0) is 17.1 Å². The van der Waals surface area contributed by atoms with E-state index in [1.54, 1.807) is 6.08 Å². The van der Waals surface area contributed by atoms with Crippen LogP contribution in [0.25, 0.3) is 0 Å². The minimum atomic E-state index is -2.80. The Bertz CT molecular complexity index is 721. The van der Waals surface area contributed by atoms with Crippen LogP contribution in [-0.4, -0.2) is 5.92 Å². The van der Waals surface area contributed by atoms with E-state index in [1.807, 2.05) is 36.4 Å². The number of alkyl halides is 2. The quantitative estimate of drug-likeness (QED) is 0.704. The largest absolute Gasteiger partial charge is 0.252 e. The third-order valence-electron chi connectivity index (χ3n) is 4.80. The number of fused-ring (bicyclic) bond motifs is 1. The topological polar surface area (TPSA) is 47.6 Å². The predicted molar refractivity (Wildman–Crippen MR) is 82.4 cm³/mol. The number of nitrogens with zero attached hydrogens (tertiary/aromatic N) is 2. The van der Waals surface area contributed by atoms with Crippen LogP contribution in [0, 0.1) is 34.0 Å². The number of halogens is 2. The number of rotatable bonds is 1. The molecule has 2 aliphatic carbocycles. The fraction of sp³-hybridized carbons (Fsp3) is 0.368. The van der Waals surface area contributed by atoms with Crippen molar-refractivity contribution in [2.45, 2.75) is 31.1 Å². The highest BCUT2D eigenvalue weighted by molar-refractivity contribution is 5.43. The minimum Gasteiger partial charge on any atom is -0.207 e. The summed E-state index contributed by atoms with van der Waals surface area (Å²) in [5.41, 5.74) is 0.164. The molecular formula is C19H16F2N2. The zero-order chi connectivity index (χ0) is 16.5. The Labute approximate surface area is 134 Å². The second kappa shape index (κ2) is 5.63. The van der Waals surface area contributed by atoms with Gasteiger partial charge in [-0.1, -0.05) is 48.6 Å². The molecule has 23 heavy (non-hydrogen) atoms. The highest BCUT2D eigenvalue weighted by Gasteiger charge is 2.48. The molecule has 0 spiro atoms. The van der Waals surface area contributed by atoms with Crippen molar-refractivity contribution in [2.75, 3.05) is 0 Å². The summed E-state index contributed by atoms with van der Waals surface area (Å²) in [6.45, 7) is 0. The van der Waals surface area contributed by atoms with Crippen LogP contribution >= 0.6 is 0 Å². The third-order valence-corrected chi connectivity index (χ3v) is 4.80. The molecule has 0 aromatic heterocycles. The fourth-order valence-corrected chi connectivity index (χ4v) is 3.64. The van der Waals surface area contributed by atoms with Gasteiger partial charge in [-0.3, -0.25) is 0 Å². The lowest BCUT2D eigenvalue weighted by Crippen LogP contribution is -2.34. The average molecular weight is 310 g/mol. The Morgan fingerprint density at radius 1 is 1.04 bits per heavy atom. The monoisotopic (exact) mass is 310 g/mol. The van der Waals surface area contributed by atoms with Crippen LogP contribution in [0.1, 0.15) is 30.7 Å². The van der Waals surface area contributed by atoms with Crippen molar-refractivity contribution in [1.82, 2.24) is 0 Å². The van der Waals surface area contributed by atoms with Crippen molar-refractivity contribution >= 4 is 0 Å². The van der Waals surface area contributed by atoms with E-state index in [0.29, 0.717) is 5.57 Å². The van der Waals surface area contributed by atoms with Gasteiger partial charge in [-0.25, -0.2) is 8.78 Å². The summed E-state index contributed by atoms with van der Waals surface area (Å²) in [5.74, 6) is -3.56. The first-order valence-electron chi connectivity index (χ1n) is 7.64. The summed E-state index contributed by atoms with van der Waals surface area (Å²) >= 11 is 0. The van der Waals surface area contributed by atoms with Crippen LogP contribution in [0.4, 0.5) is 8.78 Å². The molecule has 0 fully saturated rings. The van der Waals surface area contributed by atoms with Gasteiger partial charge in [0.05, 0.1) is 12.1 Å². The first-order valence-corrected chi connectivity index (χ1v) is 7.64. The van der Waals surface area contributed by atoms with Gasteiger partial charge >= 0.3 is 0 Å². The molecular weight excluding hydrogens is 294 g/mol.